The van der Waals surface area contributed by atoms with Crippen molar-refractivity contribution in [2.75, 3.05) is 5.43 Å². The predicted molar refractivity (Wildman–Crippen MR) is 83.4 cm³/mol. The molecule has 3 heterocycles. The average Bonchev–Trinajstić information content (AvgIpc) is 3.16. The summed E-state index contributed by atoms with van der Waals surface area (Å²) in [5, 5.41) is 28.0. The Hall–Kier alpha value is -2.46. The first kappa shape index (κ1) is 14.2. The van der Waals surface area contributed by atoms with Gasteiger partial charge < -0.3 is 10.6 Å². The molecule has 0 radical (unpaired) electrons. The molecule has 3 aromatic rings. The van der Waals surface area contributed by atoms with E-state index < -0.39 is 5.23 Å². The van der Waals surface area contributed by atoms with Crippen LogP contribution in [0, 0.1) is 5.21 Å². The third-order valence-electron chi connectivity index (χ3n) is 3.48. The van der Waals surface area contributed by atoms with Crippen molar-refractivity contribution in [1.29, 1.82) is 0 Å². The number of nitrogens with one attached hydrogen (secondary N) is 2. The van der Waals surface area contributed by atoms with Crippen LogP contribution in [0.25, 0.3) is 11.4 Å². The highest BCUT2D eigenvalue weighted by Gasteiger charge is 2.28. The van der Waals surface area contributed by atoms with Gasteiger partial charge in [-0.3, -0.25) is 4.98 Å². The van der Waals surface area contributed by atoms with Crippen LogP contribution in [0.1, 0.15) is 10.9 Å². The molecule has 8 nitrogen and oxygen atoms in total. The van der Waals surface area contributed by atoms with E-state index >= 15 is 0 Å². The monoisotopic (exact) mass is 328 g/mol. The molecular weight excluding hydrogens is 316 g/mol. The molecule has 0 bridgehead atoms. The first-order valence-electron chi connectivity index (χ1n) is 6.84. The fraction of sp³-hybridized carbons (Fsp3) is 0.0714. The number of thioether (sulfide) groups is 1. The van der Waals surface area contributed by atoms with E-state index in [9.17, 15) is 5.21 Å². The van der Waals surface area contributed by atoms with E-state index in [0.717, 1.165) is 16.3 Å². The first-order valence-corrected chi connectivity index (χ1v) is 7.72. The Kier molecular flexibility index (Phi) is 3.46. The van der Waals surface area contributed by atoms with Gasteiger partial charge in [-0.25, -0.2) is 9.88 Å². The highest BCUT2D eigenvalue weighted by molar-refractivity contribution is 7.99. The summed E-state index contributed by atoms with van der Waals surface area (Å²) < 4.78 is 1.83. The van der Waals surface area contributed by atoms with E-state index in [0.29, 0.717) is 5.82 Å². The lowest BCUT2D eigenvalue weighted by atomic mass is 10.2. The molecule has 4 rings (SSSR count). The largest absolute Gasteiger partial charge is 0.595 e. The molecule has 0 saturated carbocycles. The van der Waals surface area contributed by atoms with Crippen molar-refractivity contribution in [3.05, 3.63) is 59.6 Å². The molecule has 2 atom stereocenters. The number of pyridine rings is 1. The second-order valence-corrected chi connectivity index (χ2v) is 6.01. The lowest BCUT2D eigenvalue weighted by molar-refractivity contribution is -0.991. The second kappa shape index (κ2) is 5.63. The molecule has 0 spiro atoms. The summed E-state index contributed by atoms with van der Waals surface area (Å²) >= 11 is 1.53. The van der Waals surface area contributed by atoms with E-state index in [1.54, 1.807) is 36.7 Å². The first-order chi connectivity index (χ1) is 11.2. The molecule has 1 aliphatic rings. The van der Waals surface area contributed by atoms with E-state index in [-0.39, 0.29) is 11.1 Å². The Morgan fingerprint density at radius 1 is 1.22 bits per heavy atom. The molecule has 3 N–H and O–H groups in total. The SMILES string of the molecule is [O-][NH+](O)c1ccc([C@H]2Nn3c(nnc3-c3cccnc3)S2)cc1. The minimum Gasteiger partial charge on any atom is -0.595 e. The third-order valence-corrected chi connectivity index (χ3v) is 4.57. The van der Waals surface area contributed by atoms with Crippen LogP contribution in [0.3, 0.4) is 0 Å². The fourth-order valence-corrected chi connectivity index (χ4v) is 3.33. The highest BCUT2D eigenvalue weighted by Crippen LogP contribution is 2.40. The standard InChI is InChI=1S/C14H12N6O2S/c21-20(22)11-5-3-9(4-6-11)13-18-19-12(16-17-14(19)23-13)10-2-1-7-15-8-10/h1-8,13,18,20-21H/t13-/m0/s1. The van der Waals surface area contributed by atoms with E-state index in [2.05, 4.69) is 20.6 Å². The number of rotatable bonds is 3. The van der Waals surface area contributed by atoms with Crippen LogP contribution >= 0.6 is 11.8 Å². The summed E-state index contributed by atoms with van der Waals surface area (Å²) in [5.74, 6) is 0.699. The van der Waals surface area contributed by atoms with Gasteiger partial charge in [-0.1, -0.05) is 11.8 Å². The van der Waals surface area contributed by atoms with E-state index in [1.807, 2.05) is 16.8 Å². The van der Waals surface area contributed by atoms with Gasteiger partial charge in [0.05, 0.1) is 0 Å². The van der Waals surface area contributed by atoms with Crippen molar-refractivity contribution >= 4 is 17.4 Å². The van der Waals surface area contributed by atoms with Gasteiger partial charge in [-0.05, 0) is 29.8 Å². The van der Waals surface area contributed by atoms with Gasteiger partial charge in [0.15, 0.2) is 11.5 Å². The van der Waals surface area contributed by atoms with Crippen LogP contribution in [0.15, 0.2) is 53.9 Å². The highest BCUT2D eigenvalue weighted by atomic mass is 32.2. The average molecular weight is 328 g/mol. The van der Waals surface area contributed by atoms with Crippen molar-refractivity contribution in [1.82, 2.24) is 19.9 Å². The van der Waals surface area contributed by atoms with Gasteiger partial charge >= 0.3 is 0 Å². The summed E-state index contributed by atoms with van der Waals surface area (Å²) in [4.78, 5) is 4.10. The fourth-order valence-electron chi connectivity index (χ4n) is 2.34. The molecule has 0 aliphatic carbocycles. The Balaban J connectivity index is 1.60. The summed E-state index contributed by atoms with van der Waals surface area (Å²) in [7, 11) is 0. The van der Waals surface area contributed by atoms with Crippen molar-refractivity contribution in [2.45, 2.75) is 10.5 Å². The molecule has 23 heavy (non-hydrogen) atoms. The van der Waals surface area contributed by atoms with Crippen LogP contribution in [0.5, 0.6) is 0 Å². The van der Waals surface area contributed by atoms with Crippen molar-refractivity contribution in [3.8, 4) is 11.4 Å². The van der Waals surface area contributed by atoms with Gasteiger partial charge in [0.25, 0.3) is 0 Å². The minimum atomic E-state index is -0.931. The maximum absolute atomic E-state index is 10.9. The molecule has 1 aromatic carbocycles. The number of hydrogen-bond donors (Lipinski definition) is 3. The molecule has 0 saturated heterocycles. The molecule has 1 unspecified atom stereocenters. The summed E-state index contributed by atoms with van der Waals surface area (Å²) in [6.07, 6.45) is 3.44. The van der Waals surface area contributed by atoms with Gasteiger partial charge in [0.2, 0.25) is 5.16 Å². The molecule has 1 aliphatic heterocycles. The van der Waals surface area contributed by atoms with Crippen LogP contribution < -0.4 is 10.7 Å². The smallest absolute Gasteiger partial charge is 0.212 e. The number of fused-ring (bicyclic) bond motifs is 1. The zero-order valence-corrected chi connectivity index (χ0v) is 12.6. The molecular formula is C14H12N6O2S. The minimum absolute atomic E-state index is 0.0428. The topological polar surface area (TPSA) is 103 Å². The quantitative estimate of drug-likeness (QED) is 0.618. The maximum Gasteiger partial charge on any atom is 0.212 e. The van der Waals surface area contributed by atoms with Gasteiger partial charge in [-0.15, -0.1) is 10.2 Å². The van der Waals surface area contributed by atoms with Gasteiger partial charge in [0.1, 0.15) is 5.37 Å². The number of hydrogen-bond acceptors (Lipinski definition) is 7. The van der Waals surface area contributed by atoms with E-state index in [4.69, 9.17) is 5.21 Å². The second-order valence-electron chi connectivity index (χ2n) is 4.94. The Labute approximate surface area is 135 Å². The Bertz CT molecular complexity index is 821. The lowest BCUT2D eigenvalue weighted by Crippen LogP contribution is -2.99. The molecule has 0 amide bonds. The Morgan fingerprint density at radius 2 is 2.04 bits per heavy atom. The van der Waals surface area contributed by atoms with E-state index in [1.165, 1.54) is 11.8 Å². The summed E-state index contributed by atoms with van der Waals surface area (Å²) in [6, 6.07) is 10.6. The lowest BCUT2D eigenvalue weighted by Gasteiger charge is -2.14. The predicted octanol–water partition coefficient (Wildman–Crippen LogP) is 1.09. The summed E-state index contributed by atoms with van der Waals surface area (Å²) in [6.45, 7) is 0. The van der Waals surface area contributed by atoms with Crippen LogP contribution in [-0.2, 0) is 0 Å². The van der Waals surface area contributed by atoms with Crippen molar-refractivity contribution < 1.29 is 10.4 Å². The van der Waals surface area contributed by atoms with Crippen LogP contribution in [-0.4, -0.2) is 25.1 Å². The van der Waals surface area contributed by atoms with Gasteiger partial charge in [0, 0.05) is 30.1 Å². The zero-order valence-electron chi connectivity index (χ0n) is 11.7. The van der Waals surface area contributed by atoms with Crippen LogP contribution in [0.4, 0.5) is 5.69 Å². The van der Waals surface area contributed by atoms with Crippen molar-refractivity contribution in [3.63, 3.8) is 0 Å². The van der Waals surface area contributed by atoms with Crippen LogP contribution in [0.2, 0.25) is 0 Å². The van der Waals surface area contributed by atoms with Gasteiger partial charge in [-0.2, -0.15) is 5.23 Å². The Morgan fingerprint density at radius 3 is 2.74 bits per heavy atom. The summed E-state index contributed by atoms with van der Waals surface area (Å²) in [5.41, 5.74) is 5.45. The number of quaternary nitrogens is 1. The third kappa shape index (κ3) is 2.55. The van der Waals surface area contributed by atoms with Crippen molar-refractivity contribution in [2.24, 2.45) is 0 Å². The molecule has 9 heteroatoms. The molecule has 116 valence electrons. The normalized spacial score (nSPS) is 17.6. The molecule has 2 aromatic heterocycles. The number of nitrogens with zero attached hydrogens (tertiary/aromatic N) is 4. The maximum atomic E-state index is 10.9. The molecule has 0 fully saturated rings. The number of benzene rings is 1. The zero-order chi connectivity index (χ0) is 15.8. The number of aromatic nitrogens is 4.